The summed E-state index contributed by atoms with van der Waals surface area (Å²) in [4.78, 5) is 43.0. The number of piperidine rings is 1. The number of likely N-dealkylation sites (tertiary alicyclic amines) is 1. The van der Waals surface area contributed by atoms with Gasteiger partial charge in [-0.2, -0.15) is 0 Å². The zero-order valence-corrected chi connectivity index (χ0v) is 24.0. The molecule has 2 aliphatic rings. The molecule has 3 aromatic rings. The van der Waals surface area contributed by atoms with Crippen LogP contribution in [0.25, 0.3) is 0 Å². The van der Waals surface area contributed by atoms with E-state index in [0.29, 0.717) is 49.4 Å². The van der Waals surface area contributed by atoms with Crippen LogP contribution in [-0.2, 0) is 17.6 Å². The van der Waals surface area contributed by atoms with Crippen LogP contribution in [0, 0.1) is 0 Å². The van der Waals surface area contributed by atoms with Crippen molar-refractivity contribution >= 4 is 29.3 Å². The third kappa shape index (κ3) is 6.06. The normalized spacial score (nSPS) is 16.9. The van der Waals surface area contributed by atoms with Crippen LogP contribution in [0.15, 0.2) is 66.7 Å². The van der Waals surface area contributed by atoms with Gasteiger partial charge in [-0.25, -0.2) is 4.79 Å². The number of benzene rings is 3. The van der Waals surface area contributed by atoms with Crippen molar-refractivity contribution in [2.45, 2.75) is 58.7 Å². The third-order valence-corrected chi connectivity index (χ3v) is 8.02. The van der Waals surface area contributed by atoms with E-state index in [1.807, 2.05) is 47.4 Å². The van der Waals surface area contributed by atoms with E-state index in [0.717, 1.165) is 24.1 Å². The van der Waals surface area contributed by atoms with Crippen LogP contribution in [-0.4, -0.2) is 53.4 Å². The van der Waals surface area contributed by atoms with Crippen LogP contribution in [0.3, 0.4) is 0 Å². The first kappa shape index (κ1) is 28.2. The summed E-state index contributed by atoms with van der Waals surface area (Å²) in [7, 11) is 0. The average molecular weight is 555 g/mol. The molecule has 3 amide bonds. The predicted octanol–water partition coefficient (Wildman–Crippen LogP) is 6.25. The van der Waals surface area contributed by atoms with Crippen molar-refractivity contribution in [3.63, 3.8) is 0 Å². The first-order valence-corrected chi connectivity index (χ1v) is 14.6. The molecule has 0 radical (unpaired) electrons. The number of fused-ring (bicyclic) bond motifs is 1. The molecule has 2 heterocycles. The fourth-order valence-electron chi connectivity index (χ4n) is 5.61. The second-order valence-corrected chi connectivity index (χ2v) is 10.5. The monoisotopic (exact) mass is 554 g/mol. The number of rotatable bonds is 8. The number of carbonyl (C=O) groups is 3. The van der Waals surface area contributed by atoms with Gasteiger partial charge in [0.15, 0.2) is 0 Å². The Balaban J connectivity index is 1.40. The van der Waals surface area contributed by atoms with Gasteiger partial charge < -0.3 is 25.2 Å². The van der Waals surface area contributed by atoms with Crippen molar-refractivity contribution < 1.29 is 19.1 Å². The van der Waals surface area contributed by atoms with Crippen LogP contribution >= 0.6 is 0 Å². The van der Waals surface area contributed by atoms with Crippen LogP contribution < -0.4 is 10.6 Å². The average Bonchev–Trinajstić information content (AvgIpc) is 3.28. The maximum absolute atomic E-state index is 14.0. The summed E-state index contributed by atoms with van der Waals surface area (Å²) in [5.74, 6) is -0.370. The first-order valence-electron chi connectivity index (χ1n) is 14.6. The maximum atomic E-state index is 14.0. The summed E-state index contributed by atoms with van der Waals surface area (Å²) in [6.07, 6.45) is 2.47. The third-order valence-electron chi connectivity index (χ3n) is 8.02. The van der Waals surface area contributed by atoms with E-state index < -0.39 is 0 Å². The van der Waals surface area contributed by atoms with Crippen molar-refractivity contribution in [2.24, 2.45) is 0 Å². The Labute approximate surface area is 241 Å². The van der Waals surface area contributed by atoms with Crippen molar-refractivity contribution in [2.75, 3.05) is 30.3 Å². The van der Waals surface area contributed by atoms with Gasteiger partial charge >= 0.3 is 6.09 Å². The number of hydrogen-bond donors (Lipinski definition) is 2. The molecule has 8 heteroatoms. The largest absolute Gasteiger partial charge is 0.450 e. The number of aryl methyl sites for hydroxylation is 2. The summed E-state index contributed by atoms with van der Waals surface area (Å²) < 4.78 is 5.18. The molecule has 5 rings (SSSR count). The second-order valence-electron chi connectivity index (χ2n) is 10.5. The van der Waals surface area contributed by atoms with E-state index in [-0.39, 0.29) is 30.1 Å². The van der Waals surface area contributed by atoms with E-state index in [2.05, 4.69) is 36.6 Å². The molecule has 2 aliphatic heterocycles. The minimum atomic E-state index is -0.386. The maximum Gasteiger partial charge on any atom is 0.409 e. The summed E-state index contributed by atoms with van der Waals surface area (Å²) in [6.45, 7) is 7.38. The molecule has 0 bridgehead atoms. The van der Waals surface area contributed by atoms with Gasteiger partial charge in [0.05, 0.1) is 6.61 Å². The quantitative estimate of drug-likeness (QED) is 0.343. The lowest BCUT2D eigenvalue weighted by atomic mass is 10.0. The number of nitrogens with zero attached hydrogens (tertiary/aromatic N) is 2. The van der Waals surface area contributed by atoms with E-state index in [9.17, 15) is 14.4 Å². The molecule has 1 atom stereocenters. The summed E-state index contributed by atoms with van der Waals surface area (Å²) in [5, 5.41) is 6.53. The topological polar surface area (TPSA) is 91.0 Å². The first-order chi connectivity index (χ1) is 19.9. The van der Waals surface area contributed by atoms with E-state index in [4.69, 9.17) is 4.74 Å². The molecule has 1 saturated heterocycles. The van der Waals surface area contributed by atoms with Gasteiger partial charge in [0, 0.05) is 47.2 Å². The number of hydrogen-bond acceptors (Lipinski definition) is 5. The van der Waals surface area contributed by atoms with Crippen LogP contribution in [0.5, 0.6) is 0 Å². The predicted molar refractivity (Wildman–Crippen MR) is 160 cm³/mol. The molecule has 0 unspecified atom stereocenters. The minimum Gasteiger partial charge on any atom is -0.450 e. The van der Waals surface area contributed by atoms with Crippen molar-refractivity contribution in [3.05, 3.63) is 94.5 Å². The standard InChI is InChI=1S/C33H38N4O4/c1-4-22-7-12-25(13-8-22)34-30-28-16-11-24(31(38)35-26-14-9-23(5-2)10-15-26)21-29(28)32(39)37(30)27-17-19-36(20-18-27)33(40)41-6-3/h7-16,21,27,30,34H,4-6,17-20H2,1-3H3,(H,35,38)/t30-/m0/s1. The zero-order valence-electron chi connectivity index (χ0n) is 24.0. The Morgan fingerprint density at radius 3 is 2.05 bits per heavy atom. The van der Waals surface area contributed by atoms with Gasteiger partial charge in [0.2, 0.25) is 0 Å². The molecular formula is C33H38N4O4. The van der Waals surface area contributed by atoms with Gasteiger partial charge in [-0.3, -0.25) is 9.59 Å². The molecule has 41 heavy (non-hydrogen) atoms. The van der Waals surface area contributed by atoms with E-state index in [1.165, 1.54) is 11.1 Å². The number of ether oxygens (including phenoxy) is 1. The molecule has 3 aromatic carbocycles. The van der Waals surface area contributed by atoms with Crippen molar-refractivity contribution in [1.29, 1.82) is 0 Å². The summed E-state index contributed by atoms with van der Waals surface area (Å²) in [5.41, 5.74) is 5.86. The van der Waals surface area contributed by atoms with Gasteiger partial charge in [0.25, 0.3) is 11.8 Å². The SMILES string of the molecule is CCOC(=O)N1CCC(N2C(=O)c3cc(C(=O)Nc4ccc(CC)cc4)ccc3[C@H]2Nc2ccc(CC)cc2)CC1. The number of carbonyl (C=O) groups excluding carboxylic acids is 3. The Morgan fingerprint density at radius 1 is 0.854 bits per heavy atom. The summed E-state index contributed by atoms with van der Waals surface area (Å²) >= 11 is 0. The number of nitrogens with one attached hydrogen (secondary N) is 2. The second kappa shape index (κ2) is 12.5. The van der Waals surface area contributed by atoms with Gasteiger partial charge in [-0.05, 0) is 80.1 Å². The van der Waals surface area contributed by atoms with E-state index in [1.54, 1.807) is 24.0 Å². The van der Waals surface area contributed by atoms with Gasteiger partial charge in [-0.15, -0.1) is 0 Å². The molecule has 0 spiro atoms. The number of amides is 3. The summed E-state index contributed by atoms with van der Waals surface area (Å²) in [6, 6.07) is 21.3. The molecule has 0 aromatic heterocycles. The fourth-order valence-corrected chi connectivity index (χ4v) is 5.61. The number of anilines is 2. The molecule has 214 valence electrons. The highest BCUT2D eigenvalue weighted by Gasteiger charge is 2.42. The van der Waals surface area contributed by atoms with Gasteiger partial charge in [0.1, 0.15) is 6.17 Å². The lowest BCUT2D eigenvalue weighted by molar-refractivity contribution is 0.0496. The molecule has 1 fully saturated rings. The highest BCUT2D eigenvalue weighted by Crippen LogP contribution is 2.39. The van der Waals surface area contributed by atoms with Crippen LogP contribution in [0.1, 0.15) is 77.2 Å². The Kier molecular flexibility index (Phi) is 8.57. The lowest BCUT2D eigenvalue weighted by Crippen LogP contribution is -2.49. The highest BCUT2D eigenvalue weighted by molar-refractivity contribution is 6.07. The molecule has 8 nitrogen and oxygen atoms in total. The highest BCUT2D eigenvalue weighted by atomic mass is 16.6. The zero-order chi connectivity index (χ0) is 28.9. The minimum absolute atomic E-state index is 0.0673. The molecule has 0 saturated carbocycles. The van der Waals surface area contributed by atoms with E-state index >= 15 is 0 Å². The Hall–Kier alpha value is -4.33. The van der Waals surface area contributed by atoms with Crippen molar-refractivity contribution in [1.82, 2.24) is 9.80 Å². The molecular weight excluding hydrogens is 516 g/mol. The van der Waals surface area contributed by atoms with Gasteiger partial charge in [-0.1, -0.05) is 44.2 Å². The van der Waals surface area contributed by atoms with Crippen LogP contribution in [0.2, 0.25) is 0 Å². The fraction of sp³-hybridized carbons (Fsp3) is 0.364. The Bertz CT molecular complexity index is 1400. The molecule has 2 N–H and O–H groups in total. The van der Waals surface area contributed by atoms with Crippen molar-refractivity contribution in [3.8, 4) is 0 Å². The molecule has 0 aliphatic carbocycles. The smallest absolute Gasteiger partial charge is 0.409 e. The Morgan fingerprint density at radius 2 is 1.46 bits per heavy atom. The van der Waals surface area contributed by atoms with Crippen LogP contribution in [0.4, 0.5) is 16.2 Å². The lowest BCUT2D eigenvalue weighted by Gasteiger charge is -2.39.